The molecule has 2 rings (SSSR count). The summed E-state index contributed by atoms with van der Waals surface area (Å²) in [5.41, 5.74) is 0.977. The smallest absolute Gasteiger partial charge is 0.142 e. The Hall–Kier alpha value is -0.120. The zero-order valence-electron chi connectivity index (χ0n) is 10.5. The number of benzene rings is 1. The lowest BCUT2D eigenvalue weighted by Crippen LogP contribution is -2.40. The molecule has 0 saturated heterocycles. The first-order valence-electron chi connectivity index (χ1n) is 6.36. The predicted molar refractivity (Wildman–Crippen MR) is 77.8 cm³/mol. The molecule has 1 aromatic carbocycles. The van der Waals surface area contributed by atoms with Gasteiger partial charge in [-0.3, -0.25) is 4.90 Å². The van der Waals surface area contributed by atoms with Gasteiger partial charge in [0.05, 0.1) is 5.02 Å². The van der Waals surface area contributed by atoms with Crippen molar-refractivity contribution in [3.63, 3.8) is 0 Å². The average molecular weight is 335 g/mol. The van der Waals surface area contributed by atoms with E-state index in [0.717, 1.165) is 12.1 Å². The van der Waals surface area contributed by atoms with Gasteiger partial charge < -0.3 is 0 Å². The highest BCUT2D eigenvalue weighted by Crippen LogP contribution is 2.29. The zero-order chi connectivity index (χ0) is 13.1. The van der Waals surface area contributed by atoms with E-state index in [-0.39, 0.29) is 10.8 Å². The van der Waals surface area contributed by atoms with Gasteiger partial charge in [-0.25, -0.2) is 4.39 Å². The van der Waals surface area contributed by atoms with Crippen LogP contribution in [0, 0.1) is 5.82 Å². The van der Waals surface area contributed by atoms with Crippen molar-refractivity contribution in [1.29, 1.82) is 0 Å². The average Bonchev–Trinajstić information content (AvgIpc) is 2.34. The number of hydrogen-bond donors (Lipinski definition) is 0. The van der Waals surface area contributed by atoms with Crippen LogP contribution in [-0.2, 0) is 6.54 Å². The highest BCUT2D eigenvalue weighted by molar-refractivity contribution is 9.09. The van der Waals surface area contributed by atoms with Gasteiger partial charge in [0.2, 0.25) is 0 Å². The zero-order valence-corrected chi connectivity index (χ0v) is 12.8. The van der Waals surface area contributed by atoms with Crippen LogP contribution in [0.15, 0.2) is 18.2 Å². The summed E-state index contributed by atoms with van der Waals surface area (Å²) in [5.74, 6) is -0.332. The summed E-state index contributed by atoms with van der Waals surface area (Å²) in [6.07, 6.45) is 5.02. The molecule has 0 amide bonds. The summed E-state index contributed by atoms with van der Waals surface area (Å²) in [5, 5.41) is 0.192. The summed E-state index contributed by atoms with van der Waals surface area (Å²) in [7, 11) is 2.11. The van der Waals surface area contributed by atoms with Gasteiger partial charge in [0.25, 0.3) is 0 Å². The number of nitrogens with zero attached hydrogens (tertiary/aromatic N) is 1. The van der Waals surface area contributed by atoms with E-state index in [9.17, 15) is 4.39 Å². The molecule has 1 aromatic rings. The van der Waals surface area contributed by atoms with Crippen LogP contribution in [0.25, 0.3) is 0 Å². The molecule has 18 heavy (non-hydrogen) atoms. The van der Waals surface area contributed by atoms with Crippen molar-refractivity contribution >= 4 is 27.5 Å². The number of rotatable bonds is 3. The van der Waals surface area contributed by atoms with E-state index in [1.807, 2.05) is 6.07 Å². The van der Waals surface area contributed by atoms with E-state index in [1.54, 1.807) is 6.07 Å². The maximum absolute atomic E-state index is 13.4. The first-order valence-corrected chi connectivity index (χ1v) is 7.65. The van der Waals surface area contributed by atoms with Crippen LogP contribution >= 0.6 is 27.5 Å². The second-order valence-electron chi connectivity index (χ2n) is 5.03. The Morgan fingerprint density at radius 2 is 2.11 bits per heavy atom. The molecule has 0 spiro atoms. The maximum Gasteiger partial charge on any atom is 0.142 e. The Morgan fingerprint density at radius 3 is 2.78 bits per heavy atom. The molecule has 1 fully saturated rings. The van der Waals surface area contributed by atoms with Gasteiger partial charge in [-0.2, -0.15) is 0 Å². The molecule has 0 radical (unpaired) electrons. The van der Waals surface area contributed by atoms with E-state index in [1.165, 1.54) is 31.7 Å². The molecule has 1 aliphatic rings. The molecule has 1 nitrogen and oxygen atoms in total. The summed E-state index contributed by atoms with van der Waals surface area (Å²) in [6.45, 7) is 0.765. The second-order valence-corrected chi connectivity index (χ2v) is 6.61. The highest BCUT2D eigenvalue weighted by atomic mass is 79.9. The molecule has 100 valence electrons. The van der Waals surface area contributed by atoms with Gasteiger partial charge >= 0.3 is 0 Å². The summed E-state index contributed by atoms with van der Waals surface area (Å²) in [4.78, 5) is 2.86. The van der Waals surface area contributed by atoms with Crippen molar-refractivity contribution in [3.05, 3.63) is 34.6 Å². The standard InChI is InChI=1S/C14H18BrClFN/c1-18(14-5-3-2-4-11(14)15)9-10-6-7-12(16)13(17)8-10/h6-8,11,14H,2-5,9H2,1H3. The van der Waals surface area contributed by atoms with Crippen LogP contribution in [0.4, 0.5) is 4.39 Å². The predicted octanol–water partition coefficient (Wildman–Crippen LogP) is 4.62. The van der Waals surface area contributed by atoms with E-state index < -0.39 is 0 Å². The second kappa shape index (κ2) is 6.36. The Balaban J connectivity index is 2.01. The number of halogens is 3. The highest BCUT2D eigenvalue weighted by Gasteiger charge is 2.26. The van der Waals surface area contributed by atoms with E-state index >= 15 is 0 Å². The minimum atomic E-state index is -0.332. The Labute approximate surface area is 121 Å². The van der Waals surface area contributed by atoms with Gasteiger partial charge in [-0.05, 0) is 37.6 Å². The number of alkyl halides is 1. The molecule has 4 heteroatoms. The molecule has 0 bridgehead atoms. The van der Waals surface area contributed by atoms with Crippen LogP contribution in [0.5, 0.6) is 0 Å². The fraction of sp³-hybridized carbons (Fsp3) is 0.571. The van der Waals surface area contributed by atoms with Crippen molar-refractivity contribution in [2.24, 2.45) is 0 Å². The van der Waals surface area contributed by atoms with Crippen molar-refractivity contribution < 1.29 is 4.39 Å². The summed E-state index contributed by atoms with van der Waals surface area (Å²) < 4.78 is 13.4. The quantitative estimate of drug-likeness (QED) is 0.729. The van der Waals surface area contributed by atoms with E-state index in [4.69, 9.17) is 11.6 Å². The normalized spacial score (nSPS) is 24.5. The SMILES string of the molecule is CN(Cc1ccc(Cl)c(F)c1)C1CCCCC1Br. The fourth-order valence-corrected chi connectivity index (χ4v) is 3.72. The monoisotopic (exact) mass is 333 g/mol. The van der Waals surface area contributed by atoms with Gasteiger partial charge in [0, 0.05) is 17.4 Å². The molecule has 0 aliphatic heterocycles. The minimum Gasteiger partial charge on any atom is -0.298 e. The molecular weight excluding hydrogens is 317 g/mol. The van der Waals surface area contributed by atoms with Gasteiger partial charge in [-0.1, -0.05) is 46.4 Å². The third-order valence-corrected chi connectivity index (χ3v) is 5.00. The van der Waals surface area contributed by atoms with Crippen LogP contribution < -0.4 is 0 Å². The van der Waals surface area contributed by atoms with Gasteiger partial charge in [0.15, 0.2) is 0 Å². The van der Waals surface area contributed by atoms with Crippen molar-refractivity contribution in [1.82, 2.24) is 4.90 Å². The van der Waals surface area contributed by atoms with Crippen LogP contribution in [0.1, 0.15) is 31.2 Å². The lowest BCUT2D eigenvalue weighted by Gasteiger charge is -2.35. The van der Waals surface area contributed by atoms with Crippen LogP contribution in [0.2, 0.25) is 5.02 Å². The Kier molecular flexibility index (Phi) is 5.05. The first-order chi connectivity index (χ1) is 8.58. The molecule has 1 aliphatic carbocycles. The van der Waals surface area contributed by atoms with Gasteiger partial charge in [-0.15, -0.1) is 0 Å². The van der Waals surface area contributed by atoms with E-state index in [0.29, 0.717) is 10.9 Å². The Morgan fingerprint density at radius 1 is 1.39 bits per heavy atom. The molecule has 0 N–H and O–H groups in total. The lowest BCUT2D eigenvalue weighted by atomic mass is 9.94. The third-order valence-electron chi connectivity index (χ3n) is 3.63. The minimum absolute atomic E-state index is 0.192. The molecule has 2 atom stereocenters. The molecule has 2 unspecified atom stereocenters. The summed E-state index contributed by atoms with van der Waals surface area (Å²) >= 11 is 9.45. The lowest BCUT2D eigenvalue weighted by molar-refractivity contribution is 0.193. The van der Waals surface area contributed by atoms with Crippen LogP contribution in [0.3, 0.4) is 0 Å². The third kappa shape index (κ3) is 3.46. The fourth-order valence-electron chi connectivity index (χ4n) is 2.61. The Bertz CT molecular complexity index is 413. The van der Waals surface area contributed by atoms with Crippen molar-refractivity contribution in [2.45, 2.75) is 43.1 Å². The molecule has 1 saturated carbocycles. The molecular formula is C14H18BrClFN. The van der Waals surface area contributed by atoms with Crippen molar-refractivity contribution in [3.8, 4) is 0 Å². The topological polar surface area (TPSA) is 3.24 Å². The van der Waals surface area contributed by atoms with Crippen molar-refractivity contribution in [2.75, 3.05) is 7.05 Å². The first kappa shape index (κ1) is 14.3. The largest absolute Gasteiger partial charge is 0.298 e. The number of hydrogen-bond acceptors (Lipinski definition) is 1. The van der Waals surface area contributed by atoms with Crippen LogP contribution in [-0.4, -0.2) is 22.8 Å². The van der Waals surface area contributed by atoms with Gasteiger partial charge in [0.1, 0.15) is 5.82 Å². The van der Waals surface area contributed by atoms with E-state index in [2.05, 4.69) is 27.9 Å². The molecule has 0 aromatic heterocycles. The maximum atomic E-state index is 13.4. The molecule has 0 heterocycles. The summed E-state index contributed by atoms with van der Waals surface area (Å²) in [6, 6.07) is 5.60.